The van der Waals surface area contributed by atoms with E-state index >= 15 is 0 Å². The Balaban J connectivity index is 2.17. The van der Waals surface area contributed by atoms with Gasteiger partial charge in [-0.2, -0.15) is 5.10 Å². The van der Waals surface area contributed by atoms with Crippen LogP contribution in [-0.2, 0) is 19.5 Å². The van der Waals surface area contributed by atoms with Crippen LogP contribution < -0.4 is 5.32 Å². The summed E-state index contributed by atoms with van der Waals surface area (Å²) < 4.78 is 2.06. The minimum absolute atomic E-state index is 0.771. The fraction of sp³-hybridized carbons (Fsp3) is 0.538. The summed E-state index contributed by atoms with van der Waals surface area (Å²) in [6.07, 6.45) is 1.04. The summed E-state index contributed by atoms with van der Waals surface area (Å²) in [4.78, 5) is 4.60. The van der Waals surface area contributed by atoms with Crippen LogP contribution in [0.3, 0.4) is 0 Å². The minimum atomic E-state index is 0.771. The van der Waals surface area contributed by atoms with Crippen LogP contribution in [0.25, 0.3) is 0 Å². The molecule has 2 heterocycles. The molecule has 0 spiro atoms. The van der Waals surface area contributed by atoms with E-state index < -0.39 is 0 Å². The van der Waals surface area contributed by atoms with Crippen LogP contribution >= 0.6 is 11.3 Å². The van der Waals surface area contributed by atoms with Gasteiger partial charge in [0.05, 0.1) is 17.9 Å². The van der Waals surface area contributed by atoms with E-state index in [-0.39, 0.29) is 0 Å². The summed E-state index contributed by atoms with van der Waals surface area (Å²) in [6, 6.07) is 0. The smallest absolute Gasteiger partial charge is 0.107 e. The molecule has 0 radical (unpaired) electrons. The standard InChI is InChI=1S/C13H20N4S/c1-5-12-9(2)16-17(10(12)3)7-11-8-18-13(15-11)6-14-4/h8,14H,5-7H2,1-4H3. The highest BCUT2D eigenvalue weighted by atomic mass is 32.1. The van der Waals surface area contributed by atoms with Gasteiger partial charge in [0.25, 0.3) is 0 Å². The van der Waals surface area contributed by atoms with E-state index in [2.05, 4.69) is 46.2 Å². The van der Waals surface area contributed by atoms with Gasteiger partial charge in [0.15, 0.2) is 0 Å². The first-order valence-electron chi connectivity index (χ1n) is 6.26. The number of thiazole rings is 1. The molecule has 4 nitrogen and oxygen atoms in total. The molecule has 2 aromatic heterocycles. The predicted octanol–water partition coefficient (Wildman–Crippen LogP) is 2.29. The zero-order valence-electron chi connectivity index (χ0n) is 11.4. The van der Waals surface area contributed by atoms with Gasteiger partial charge in [-0.25, -0.2) is 4.98 Å². The summed E-state index contributed by atoms with van der Waals surface area (Å²) in [5.74, 6) is 0. The van der Waals surface area contributed by atoms with Gasteiger partial charge in [-0.05, 0) is 32.9 Å². The maximum absolute atomic E-state index is 4.60. The Morgan fingerprint density at radius 3 is 2.78 bits per heavy atom. The lowest BCUT2D eigenvalue weighted by Gasteiger charge is -2.02. The zero-order chi connectivity index (χ0) is 13.1. The lowest BCUT2D eigenvalue weighted by Crippen LogP contribution is -2.07. The molecule has 0 aromatic carbocycles. The van der Waals surface area contributed by atoms with Gasteiger partial charge in [0, 0.05) is 17.6 Å². The number of aryl methyl sites for hydroxylation is 1. The number of nitrogens with zero attached hydrogens (tertiary/aromatic N) is 3. The molecule has 0 amide bonds. The second-order valence-electron chi connectivity index (χ2n) is 4.42. The van der Waals surface area contributed by atoms with Crippen LogP contribution in [-0.4, -0.2) is 21.8 Å². The second-order valence-corrected chi connectivity index (χ2v) is 5.37. The molecular formula is C13H20N4S. The monoisotopic (exact) mass is 264 g/mol. The van der Waals surface area contributed by atoms with Gasteiger partial charge in [-0.15, -0.1) is 11.3 Å². The molecule has 0 saturated carbocycles. The van der Waals surface area contributed by atoms with E-state index in [1.165, 1.54) is 11.3 Å². The summed E-state index contributed by atoms with van der Waals surface area (Å²) in [5, 5.41) is 11.0. The van der Waals surface area contributed by atoms with Crippen LogP contribution in [0.15, 0.2) is 5.38 Å². The van der Waals surface area contributed by atoms with Crippen molar-refractivity contribution >= 4 is 11.3 Å². The van der Waals surface area contributed by atoms with E-state index in [9.17, 15) is 0 Å². The van der Waals surface area contributed by atoms with Crippen molar-refractivity contribution in [2.45, 2.75) is 40.3 Å². The number of hydrogen-bond acceptors (Lipinski definition) is 4. The molecule has 1 N–H and O–H groups in total. The Bertz CT molecular complexity index is 527. The molecular weight excluding hydrogens is 244 g/mol. The van der Waals surface area contributed by atoms with Gasteiger partial charge in [-0.3, -0.25) is 4.68 Å². The normalized spacial score (nSPS) is 11.1. The van der Waals surface area contributed by atoms with Crippen LogP contribution in [0, 0.1) is 13.8 Å². The van der Waals surface area contributed by atoms with E-state index in [1.807, 2.05) is 7.05 Å². The molecule has 0 fully saturated rings. The molecule has 0 bridgehead atoms. The van der Waals surface area contributed by atoms with E-state index in [0.29, 0.717) is 0 Å². The van der Waals surface area contributed by atoms with E-state index in [4.69, 9.17) is 0 Å². The Morgan fingerprint density at radius 1 is 1.39 bits per heavy atom. The maximum atomic E-state index is 4.60. The third kappa shape index (κ3) is 2.62. The molecule has 5 heteroatoms. The highest BCUT2D eigenvalue weighted by molar-refractivity contribution is 7.09. The van der Waals surface area contributed by atoms with Crippen molar-refractivity contribution < 1.29 is 0 Å². The van der Waals surface area contributed by atoms with Gasteiger partial charge < -0.3 is 5.32 Å². The molecule has 18 heavy (non-hydrogen) atoms. The van der Waals surface area contributed by atoms with Gasteiger partial charge in [0.1, 0.15) is 5.01 Å². The van der Waals surface area contributed by atoms with Crippen LogP contribution in [0.2, 0.25) is 0 Å². The Kier molecular flexibility index (Phi) is 4.14. The first-order chi connectivity index (χ1) is 8.65. The molecule has 0 aliphatic heterocycles. The number of aromatic nitrogens is 3. The topological polar surface area (TPSA) is 42.7 Å². The number of rotatable bonds is 5. The summed E-state index contributed by atoms with van der Waals surface area (Å²) in [7, 11) is 1.94. The van der Waals surface area contributed by atoms with Crippen molar-refractivity contribution in [3.05, 3.63) is 33.0 Å². The summed E-state index contributed by atoms with van der Waals surface area (Å²) in [6.45, 7) is 8.00. The molecule has 0 aliphatic carbocycles. The minimum Gasteiger partial charge on any atom is -0.314 e. The van der Waals surface area contributed by atoms with Crippen LogP contribution in [0.5, 0.6) is 0 Å². The average Bonchev–Trinajstić information content (AvgIpc) is 2.87. The first-order valence-corrected chi connectivity index (χ1v) is 7.14. The molecule has 0 atom stereocenters. The van der Waals surface area contributed by atoms with Gasteiger partial charge >= 0.3 is 0 Å². The Morgan fingerprint density at radius 2 is 2.17 bits per heavy atom. The van der Waals surface area contributed by atoms with E-state index in [0.717, 1.165) is 35.9 Å². The fourth-order valence-electron chi connectivity index (χ4n) is 2.21. The average molecular weight is 264 g/mol. The maximum Gasteiger partial charge on any atom is 0.107 e. The highest BCUT2D eigenvalue weighted by Gasteiger charge is 2.11. The van der Waals surface area contributed by atoms with Crippen molar-refractivity contribution in [3.63, 3.8) is 0 Å². The SMILES string of the molecule is CCc1c(C)nn(Cc2csc(CNC)n2)c1C. The predicted molar refractivity (Wildman–Crippen MR) is 75.1 cm³/mol. The largest absolute Gasteiger partial charge is 0.314 e. The molecule has 0 saturated heterocycles. The van der Waals surface area contributed by atoms with Crippen LogP contribution in [0.4, 0.5) is 0 Å². The highest BCUT2D eigenvalue weighted by Crippen LogP contribution is 2.16. The van der Waals surface area contributed by atoms with Crippen molar-refractivity contribution in [1.82, 2.24) is 20.1 Å². The second kappa shape index (κ2) is 5.63. The zero-order valence-corrected chi connectivity index (χ0v) is 12.3. The van der Waals surface area contributed by atoms with Crippen molar-refractivity contribution in [1.29, 1.82) is 0 Å². The van der Waals surface area contributed by atoms with Crippen molar-refractivity contribution in [2.24, 2.45) is 0 Å². The molecule has 2 rings (SSSR count). The Labute approximate surface area is 112 Å². The fourth-order valence-corrected chi connectivity index (χ4v) is 3.00. The van der Waals surface area contributed by atoms with Crippen molar-refractivity contribution in [2.75, 3.05) is 7.05 Å². The van der Waals surface area contributed by atoms with Gasteiger partial charge in [-0.1, -0.05) is 6.92 Å². The quantitative estimate of drug-likeness (QED) is 0.901. The first kappa shape index (κ1) is 13.2. The van der Waals surface area contributed by atoms with Crippen LogP contribution in [0.1, 0.15) is 34.6 Å². The summed E-state index contributed by atoms with van der Waals surface area (Å²) >= 11 is 1.70. The molecule has 98 valence electrons. The van der Waals surface area contributed by atoms with Gasteiger partial charge in [0.2, 0.25) is 0 Å². The third-order valence-electron chi connectivity index (χ3n) is 3.12. The number of nitrogens with one attached hydrogen (secondary N) is 1. The molecule has 0 unspecified atom stereocenters. The van der Waals surface area contributed by atoms with Crippen molar-refractivity contribution in [3.8, 4) is 0 Å². The summed E-state index contributed by atoms with van der Waals surface area (Å²) in [5.41, 5.74) is 4.86. The molecule has 2 aromatic rings. The molecule has 0 aliphatic rings. The number of hydrogen-bond donors (Lipinski definition) is 1. The Hall–Kier alpha value is -1.20. The van der Waals surface area contributed by atoms with E-state index in [1.54, 1.807) is 11.3 Å². The lowest BCUT2D eigenvalue weighted by molar-refractivity contribution is 0.645. The third-order valence-corrected chi connectivity index (χ3v) is 4.02. The lowest BCUT2D eigenvalue weighted by atomic mass is 10.1.